The van der Waals surface area contributed by atoms with Crippen LogP contribution in [0.1, 0.15) is 39.5 Å². The molecule has 2 fully saturated rings. The molecule has 1 saturated carbocycles. The Kier molecular flexibility index (Phi) is 4.68. The molecule has 5 nitrogen and oxygen atoms in total. The van der Waals surface area contributed by atoms with Crippen molar-refractivity contribution >= 4 is 5.96 Å². The number of nitrogens with zero attached hydrogens (tertiary/aromatic N) is 1. The quantitative estimate of drug-likeness (QED) is 0.495. The van der Waals surface area contributed by atoms with Crippen molar-refractivity contribution in [2.75, 3.05) is 32.8 Å². The Morgan fingerprint density at radius 3 is 2.63 bits per heavy atom. The zero-order valence-electron chi connectivity index (χ0n) is 12.2. The minimum atomic E-state index is -0.0650. The molecule has 19 heavy (non-hydrogen) atoms. The van der Waals surface area contributed by atoms with E-state index >= 15 is 0 Å². The fraction of sp³-hybridized carbons (Fsp3) is 0.929. The molecule has 0 spiro atoms. The van der Waals surface area contributed by atoms with Crippen LogP contribution in [0.4, 0.5) is 0 Å². The summed E-state index contributed by atoms with van der Waals surface area (Å²) in [6.07, 6.45) is 4.42. The maximum atomic E-state index is 9.31. The fourth-order valence-electron chi connectivity index (χ4n) is 2.38. The predicted octanol–water partition coefficient (Wildman–Crippen LogP) is 0.883. The van der Waals surface area contributed by atoms with Gasteiger partial charge < -0.3 is 20.5 Å². The van der Waals surface area contributed by atoms with Crippen LogP contribution in [0.15, 0.2) is 4.99 Å². The Bertz CT molecular complexity index is 321. The Labute approximate surface area is 115 Å². The largest absolute Gasteiger partial charge is 0.396 e. The second kappa shape index (κ2) is 6.09. The molecule has 1 aliphatic heterocycles. The molecule has 0 bridgehead atoms. The number of aliphatic hydroxyl groups is 1. The third kappa shape index (κ3) is 4.08. The van der Waals surface area contributed by atoms with Crippen LogP contribution in [0, 0.1) is 5.41 Å². The van der Waals surface area contributed by atoms with Gasteiger partial charge in [0.2, 0.25) is 0 Å². The highest BCUT2D eigenvalue weighted by Crippen LogP contribution is 2.45. The molecular formula is C14H27N3O2. The summed E-state index contributed by atoms with van der Waals surface area (Å²) in [7, 11) is 0. The van der Waals surface area contributed by atoms with E-state index in [1.165, 1.54) is 0 Å². The van der Waals surface area contributed by atoms with E-state index in [0.29, 0.717) is 6.54 Å². The zero-order chi connectivity index (χ0) is 13.8. The number of hydrogen-bond donors (Lipinski definition) is 3. The molecule has 1 aliphatic carbocycles. The van der Waals surface area contributed by atoms with Crippen molar-refractivity contribution in [3.63, 3.8) is 0 Å². The first-order chi connectivity index (χ1) is 9.11. The molecule has 0 aromatic heterocycles. The van der Waals surface area contributed by atoms with Gasteiger partial charge in [0.1, 0.15) is 0 Å². The average Bonchev–Trinajstić information content (AvgIpc) is 3.08. The summed E-state index contributed by atoms with van der Waals surface area (Å²) in [5.74, 6) is 0.832. The molecule has 1 heterocycles. The van der Waals surface area contributed by atoms with Crippen LogP contribution in [-0.4, -0.2) is 49.5 Å². The monoisotopic (exact) mass is 269 g/mol. The number of nitrogens with one attached hydrogen (secondary N) is 2. The first-order valence-electron chi connectivity index (χ1n) is 7.38. The minimum absolute atomic E-state index is 0.0650. The van der Waals surface area contributed by atoms with Crippen molar-refractivity contribution in [1.29, 1.82) is 0 Å². The van der Waals surface area contributed by atoms with E-state index in [-0.39, 0.29) is 17.6 Å². The fourth-order valence-corrected chi connectivity index (χ4v) is 2.38. The number of hydrogen-bond acceptors (Lipinski definition) is 3. The van der Waals surface area contributed by atoms with E-state index in [1.54, 1.807) is 0 Å². The molecule has 5 heteroatoms. The molecule has 0 aromatic carbocycles. The van der Waals surface area contributed by atoms with E-state index in [9.17, 15) is 5.11 Å². The maximum absolute atomic E-state index is 9.31. The van der Waals surface area contributed by atoms with E-state index in [2.05, 4.69) is 29.5 Å². The number of aliphatic imine (C=N–C) groups is 1. The van der Waals surface area contributed by atoms with Crippen LogP contribution >= 0.6 is 0 Å². The van der Waals surface area contributed by atoms with Gasteiger partial charge in [0.05, 0.1) is 18.8 Å². The predicted molar refractivity (Wildman–Crippen MR) is 76.3 cm³/mol. The zero-order valence-corrected chi connectivity index (χ0v) is 12.2. The summed E-state index contributed by atoms with van der Waals surface area (Å²) in [4.78, 5) is 4.59. The molecule has 0 amide bonds. The van der Waals surface area contributed by atoms with Crippen molar-refractivity contribution in [3.05, 3.63) is 0 Å². The number of rotatable bonds is 6. The number of aliphatic hydroxyl groups excluding tert-OH is 1. The molecule has 0 aromatic rings. The minimum Gasteiger partial charge on any atom is -0.396 e. The molecule has 3 N–H and O–H groups in total. The number of ether oxygens (including phenoxy) is 1. The lowest BCUT2D eigenvalue weighted by atomic mass is 10.0. The summed E-state index contributed by atoms with van der Waals surface area (Å²) in [6.45, 7) is 7.64. The lowest BCUT2D eigenvalue weighted by Crippen LogP contribution is -2.45. The van der Waals surface area contributed by atoms with Crippen LogP contribution in [0.25, 0.3) is 0 Å². The molecule has 1 atom stereocenters. The van der Waals surface area contributed by atoms with Gasteiger partial charge in [0.15, 0.2) is 5.96 Å². The summed E-state index contributed by atoms with van der Waals surface area (Å²) in [5, 5.41) is 15.9. The molecule has 110 valence electrons. The highest BCUT2D eigenvalue weighted by Gasteiger charge is 2.41. The van der Waals surface area contributed by atoms with Gasteiger partial charge in [-0.3, -0.25) is 4.99 Å². The molecular weight excluding hydrogens is 242 g/mol. The molecule has 1 saturated heterocycles. The van der Waals surface area contributed by atoms with Gasteiger partial charge in [-0.2, -0.15) is 0 Å². The van der Waals surface area contributed by atoms with Crippen molar-refractivity contribution < 1.29 is 9.84 Å². The van der Waals surface area contributed by atoms with E-state index in [1.807, 2.05) is 0 Å². The Hall–Kier alpha value is -0.810. The second-order valence-electron chi connectivity index (χ2n) is 6.11. The Balaban J connectivity index is 1.83. The second-order valence-corrected chi connectivity index (χ2v) is 6.11. The maximum Gasteiger partial charge on any atom is 0.191 e. The molecule has 2 rings (SSSR count). The average molecular weight is 269 g/mol. The normalized spacial score (nSPS) is 29.3. The van der Waals surface area contributed by atoms with Crippen molar-refractivity contribution in [1.82, 2.24) is 10.6 Å². The first kappa shape index (κ1) is 14.6. The van der Waals surface area contributed by atoms with Gasteiger partial charge in [-0.25, -0.2) is 0 Å². The Morgan fingerprint density at radius 2 is 2.11 bits per heavy atom. The van der Waals surface area contributed by atoms with Crippen LogP contribution < -0.4 is 10.6 Å². The number of guanidine groups is 1. The molecule has 2 aliphatic rings. The molecule has 1 unspecified atom stereocenters. The van der Waals surface area contributed by atoms with Crippen molar-refractivity contribution in [3.8, 4) is 0 Å². The smallest absolute Gasteiger partial charge is 0.191 e. The third-order valence-corrected chi connectivity index (χ3v) is 4.14. The topological polar surface area (TPSA) is 65.9 Å². The lowest BCUT2D eigenvalue weighted by Gasteiger charge is -2.25. The highest BCUT2D eigenvalue weighted by atomic mass is 16.5. The SMILES string of the molecule is CCNC(=NCC1(CO)CC1)NCC1(C)CCCO1. The summed E-state index contributed by atoms with van der Waals surface area (Å²) in [5.41, 5.74) is 0.000545. The van der Waals surface area contributed by atoms with Gasteiger partial charge in [-0.15, -0.1) is 0 Å². The van der Waals surface area contributed by atoms with Gasteiger partial charge in [-0.1, -0.05) is 0 Å². The third-order valence-electron chi connectivity index (χ3n) is 4.14. The van der Waals surface area contributed by atoms with Gasteiger partial charge in [0, 0.05) is 25.1 Å². The van der Waals surface area contributed by atoms with Crippen LogP contribution in [0.5, 0.6) is 0 Å². The molecule has 0 radical (unpaired) electrons. The lowest BCUT2D eigenvalue weighted by molar-refractivity contribution is 0.0242. The standard InChI is InChI=1S/C14H27N3O2/c1-3-15-12(17-10-14(11-18)6-7-14)16-9-13(2)5-4-8-19-13/h18H,3-11H2,1-2H3,(H2,15,16,17). The van der Waals surface area contributed by atoms with Crippen molar-refractivity contribution in [2.45, 2.75) is 45.1 Å². The Morgan fingerprint density at radius 1 is 1.32 bits per heavy atom. The van der Waals surface area contributed by atoms with E-state index in [4.69, 9.17) is 4.74 Å². The van der Waals surface area contributed by atoms with Gasteiger partial charge in [-0.05, 0) is 39.5 Å². The van der Waals surface area contributed by atoms with Crippen LogP contribution in [0.2, 0.25) is 0 Å². The van der Waals surface area contributed by atoms with Crippen LogP contribution in [0.3, 0.4) is 0 Å². The van der Waals surface area contributed by atoms with E-state index in [0.717, 1.165) is 51.3 Å². The van der Waals surface area contributed by atoms with Gasteiger partial charge >= 0.3 is 0 Å². The van der Waals surface area contributed by atoms with Crippen molar-refractivity contribution in [2.24, 2.45) is 10.4 Å². The highest BCUT2D eigenvalue weighted by molar-refractivity contribution is 5.79. The van der Waals surface area contributed by atoms with E-state index < -0.39 is 0 Å². The van der Waals surface area contributed by atoms with Crippen LogP contribution in [-0.2, 0) is 4.74 Å². The van der Waals surface area contributed by atoms with Gasteiger partial charge in [0.25, 0.3) is 0 Å². The summed E-state index contributed by atoms with van der Waals surface area (Å²) < 4.78 is 5.76. The first-order valence-corrected chi connectivity index (χ1v) is 7.38. The summed E-state index contributed by atoms with van der Waals surface area (Å²) in [6, 6.07) is 0. The summed E-state index contributed by atoms with van der Waals surface area (Å²) >= 11 is 0.